The third kappa shape index (κ3) is 2.64. The predicted octanol–water partition coefficient (Wildman–Crippen LogP) is 2.99. The Morgan fingerprint density at radius 1 is 1.14 bits per heavy atom. The van der Waals surface area contributed by atoms with Crippen molar-refractivity contribution in [2.45, 2.75) is 16.1 Å². The molecule has 0 bridgehead atoms. The average molecular weight is 340 g/mol. The molecule has 22 heavy (non-hydrogen) atoms. The molecule has 0 aromatic heterocycles. The van der Waals surface area contributed by atoms with Gasteiger partial charge in [0.15, 0.2) is 9.84 Å². The van der Waals surface area contributed by atoms with E-state index < -0.39 is 15.1 Å². The highest BCUT2D eigenvalue weighted by atomic mass is 35.5. The summed E-state index contributed by atoms with van der Waals surface area (Å²) in [5.41, 5.74) is 6.39. The molecular weight excluding hydrogens is 325 g/mol. The van der Waals surface area contributed by atoms with Crippen LogP contribution in [0.15, 0.2) is 53.4 Å². The van der Waals surface area contributed by atoms with Gasteiger partial charge in [0.25, 0.3) is 0 Å². The third-order valence-corrected chi connectivity index (χ3v) is 6.64. The SMILES string of the molecule is NC[C@@H]1[C@@H](c2cccc(F)c2)[C@H]1S(=O)(=O)c1ccc(Cl)cc1. The summed E-state index contributed by atoms with van der Waals surface area (Å²) in [5.74, 6) is -0.827. The second-order valence-electron chi connectivity index (χ2n) is 5.44. The van der Waals surface area contributed by atoms with Crippen molar-refractivity contribution >= 4 is 21.4 Å². The lowest BCUT2D eigenvalue weighted by atomic mass is 10.1. The minimum Gasteiger partial charge on any atom is -0.330 e. The van der Waals surface area contributed by atoms with E-state index in [4.69, 9.17) is 17.3 Å². The van der Waals surface area contributed by atoms with Crippen molar-refractivity contribution < 1.29 is 12.8 Å². The van der Waals surface area contributed by atoms with Crippen molar-refractivity contribution in [1.29, 1.82) is 0 Å². The lowest BCUT2D eigenvalue weighted by Crippen LogP contribution is -2.13. The zero-order valence-corrected chi connectivity index (χ0v) is 13.2. The van der Waals surface area contributed by atoms with Crippen LogP contribution < -0.4 is 5.73 Å². The molecule has 3 rings (SSSR count). The van der Waals surface area contributed by atoms with Crippen molar-refractivity contribution in [3.8, 4) is 0 Å². The Kier molecular flexibility index (Phi) is 3.97. The number of rotatable bonds is 4. The fourth-order valence-electron chi connectivity index (χ4n) is 2.98. The van der Waals surface area contributed by atoms with Crippen molar-refractivity contribution in [2.24, 2.45) is 11.7 Å². The van der Waals surface area contributed by atoms with Gasteiger partial charge in [-0.1, -0.05) is 23.7 Å². The summed E-state index contributed by atoms with van der Waals surface area (Å²) in [4.78, 5) is 0.222. The van der Waals surface area contributed by atoms with Gasteiger partial charge < -0.3 is 5.73 Å². The molecule has 0 spiro atoms. The van der Waals surface area contributed by atoms with Crippen molar-refractivity contribution in [3.63, 3.8) is 0 Å². The van der Waals surface area contributed by atoms with E-state index in [2.05, 4.69) is 0 Å². The molecule has 2 aromatic carbocycles. The quantitative estimate of drug-likeness (QED) is 0.931. The summed E-state index contributed by atoms with van der Waals surface area (Å²) in [6.45, 7) is 0.249. The van der Waals surface area contributed by atoms with Gasteiger partial charge in [-0.25, -0.2) is 12.8 Å². The zero-order valence-electron chi connectivity index (χ0n) is 11.6. The van der Waals surface area contributed by atoms with E-state index in [0.717, 1.165) is 0 Å². The lowest BCUT2D eigenvalue weighted by molar-refractivity contribution is 0.591. The van der Waals surface area contributed by atoms with Gasteiger partial charge in [-0.3, -0.25) is 0 Å². The largest absolute Gasteiger partial charge is 0.330 e. The zero-order chi connectivity index (χ0) is 15.9. The maximum absolute atomic E-state index is 13.4. The Balaban J connectivity index is 1.95. The molecule has 116 valence electrons. The van der Waals surface area contributed by atoms with Crippen LogP contribution >= 0.6 is 11.6 Å². The first kappa shape index (κ1) is 15.5. The topological polar surface area (TPSA) is 60.2 Å². The van der Waals surface area contributed by atoms with Crippen LogP contribution in [0.5, 0.6) is 0 Å². The standard InChI is InChI=1S/C16H15ClFNO2S/c17-11-4-6-13(7-5-11)22(20,21)16-14(9-19)15(16)10-2-1-3-12(18)8-10/h1-8,14-16H,9,19H2/t14-,15-,16+/m1/s1. The number of halogens is 2. The predicted molar refractivity (Wildman–Crippen MR) is 84.1 cm³/mol. The van der Waals surface area contributed by atoms with Crippen molar-refractivity contribution in [1.82, 2.24) is 0 Å². The summed E-state index contributed by atoms with van der Waals surface area (Å²) in [6, 6.07) is 12.1. The number of benzene rings is 2. The monoisotopic (exact) mass is 339 g/mol. The van der Waals surface area contributed by atoms with Gasteiger partial charge in [0.05, 0.1) is 10.1 Å². The molecule has 0 amide bonds. The lowest BCUT2D eigenvalue weighted by Gasteiger charge is -2.04. The molecule has 0 heterocycles. The van der Waals surface area contributed by atoms with Gasteiger partial charge in [0.2, 0.25) is 0 Å². The first-order chi connectivity index (χ1) is 10.4. The summed E-state index contributed by atoms with van der Waals surface area (Å²) in [7, 11) is -3.52. The number of sulfone groups is 1. The highest BCUT2D eigenvalue weighted by Gasteiger charge is 2.58. The second-order valence-corrected chi connectivity index (χ2v) is 7.99. The van der Waals surface area contributed by atoms with Crippen molar-refractivity contribution in [3.05, 3.63) is 64.9 Å². The van der Waals surface area contributed by atoms with E-state index in [1.807, 2.05) is 0 Å². The Labute approximate surface area is 133 Å². The number of hydrogen-bond acceptors (Lipinski definition) is 3. The van der Waals surface area contributed by atoms with Crippen molar-refractivity contribution in [2.75, 3.05) is 6.54 Å². The highest BCUT2D eigenvalue weighted by Crippen LogP contribution is 2.53. The van der Waals surface area contributed by atoms with Gasteiger partial charge in [0.1, 0.15) is 5.82 Å². The highest BCUT2D eigenvalue weighted by molar-refractivity contribution is 7.92. The van der Waals surface area contributed by atoms with Gasteiger partial charge in [-0.2, -0.15) is 0 Å². The molecule has 0 radical (unpaired) electrons. The maximum Gasteiger partial charge on any atom is 0.182 e. The van der Waals surface area contributed by atoms with E-state index >= 15 is 0 Å². The molecule has 1 fully saturated rings. The van der Waals surface area contributed by atoms with Crippen LogP contribution in [0, 0.1) is 11.7 Å². The average Bonchev–Trinajstić information content (AvgIpc) is 3.23. The maximum atomic E-state index is 13.4. The summed E-state index contributed by atoms with van der Waals surface area (Å²) < 4.78 is 38.9. The van der Waals surface area contributed by atoms with E-state index in [9.17, 15) is 12.8 Å². The minimum absolute atomic E-state index is 0.192. The first-order valence-corrected chi connectivity index (χ1v) is 8.82. The Morgan fingerprint density at radius 3 is 2.41 bits per heavy atom. The Morgan fingerprint density at radius 2 is 1.82 bits per heavy atom. The van der Waals surface area contributed by atoms with Crippen LogP contribution in [0.25, 0.3) is 0 Å². The molecule has 1 saturated carbocycles. The number of hydrogen-bond donors (Lipinski definition) is 1. The molecule has 6 heteroatoms. The molecule has 1 aliphatic rings. The van der Waals surface area contributed by atoms with Crippen LogP contribution in [0.3, 0.4) is 0 Å². The van der Waals surface area contributed by atoms with Gasteiger partial charge >= 0.3 is 0 Å². The number of nitrogens with two attached hydrogens (primary N) is 1. The van der Waals surface area contributed by atoms with Crippen LogP contribution in [0.1, 0.15) is 11.5 Å². The fourth-order valence-corrected chi connectivity index (χ4v) is 5.33. The fraction of sp³-hybridized carbons (Fsp3) is 0.250. The van der Waals surface area contributed by atoms with E-state index in [-0.39, 0.29) is 29.1 Å². The van der Waals surface area contributed by atoms with E-state index in [0.29, 0.717) is 10.6 Å². The molecule has 1 aliphatic carbocycles. The Bertz CT molecular complexity index is 792. The van der Waals surface area contributed by atoms with E-state index in [1.165, 1.54) is 24.3 Å². The second kappa shape index (κ2) is 5.65. The molecule has 0 unspecified atom stereocenters. The Hall–Kier alpha value is -1.43. The van der Waals surface area contributed by atoms with Crippen LogP contribution in [0.2, 0.25) is 5.02 Å². The van der Waals surface area contributed by atoms with E-state index in [1.54, 1.807) is 24.3 Å². The molecule has 0 saturated heterocycles. The van der Waals surface area contributed by atoms with Crippen LogP contribution in [0.4, 0.5) is 4.39 Å². The molecule has 0 aliphatic heterocycles. The molecular formula is C16H15ClFNO2S. The smallest absolute Gasteiger partial charge is 0.182 e. The van der Waals surface area contributed by atoms with Gasteiger partial charge in [-0.05, 0) is 54.4 Å². The van der Waals surface area contributed by atoms with Crippen LogP contribution in [-0.2, 0) is 9.84 Å². The summed E-state index contributed by atoms with van der Waals surface area (Å²) in [5, 5.41) is -0.132. The summed E-state index contributed by atoms with van der Waals surface area (Å²) in [6.07, 6.45) is 0. The first-order valence-electron chi connectivity index (χ1n) is 6.90. The molecule has 2 N–H and O–H groups in total. The molecule has 2 aromatic rings. The van der Waals surface area contributed by atoms with Gasteiger partial charge in [-0.15, -0.1) is 0 Å². The van der Waals surface area contributed by atoms with Gasteiger partial charge in [0, 0.05) is 10.9 Å². The summed E-state index contributed by atoms with van der Waals surface area (Å²) >= 11 is 5.80. The molecule has 3 nitrogen and oxygen atoms in total. The molecule has 3 atom stereocenters. The normalized spacial score (nSPS) is 24.2. The minimum atomic E-state index is -3.52. The van der Waals surface area contributed by atoms with Crippen LogP contribution in [-0.4, -0.2) is 20.2 Å². The third-order valence-electron chi connectivity index (χ3n) is 4.10.